The summed E-state index contributed by atoms with van der Waals surface area (Å²) < 4.78 is 9.94. The SMILES string of the molecule is N=c1c2c(-c3ccccc3)c(-c3ccccc3)n(CCc3ccccc3)c2ncn1CC1CCOCC1. The van der Waals surface area contributed by atoms with Crippen molar-refractivity contribution >= 4 is 11.0 Å². The minimum atomic E-state index is 0.510. The predicted octanol–water partition coefficient (Wildman–Crippen LogP) is 6.32. The van der Waals surface area contributed by atoms with Gasteiger partial charge in [-0.2, -0.15) is 0 Å². The van der Waals surface area contributed by atoms with Crippen molar-refractivity contribution < 1.29 is 4.74 Å². The molecule has 0 saturated carbocycles. The van der Waals surface area contributed by atoms with Crippen molar-refractivity contribution in [1.29, 1.82) is 5.41 Å². The number of nitrogens with one attached hydrogen (secondary N) is 1. The molecule has 186 valence electrons. The number of fused-ring (bicyclic) bond motifs is 1. The van der Waals surface area contributed by atoms with Crippen LogP contribution in [-0.2, 0) is 24.2 Å². The van der Waals surface area contributed by atoms with E-state index in [-0.39, 0.29) is 0 Å². The van der Waals surface area contributed by atoms with E-state index in [1.54, 1.807) is 0 Å². The summed E-state index contributed by atoms with van der Waals surface area (Å²) in [5, 5.41) is 10.3. The number of hydrogen-bond acceptors (Lipinski definition) is 3. The van der Waals surface area contributed by atoms with Crippen LogP contribution < -0.4 is 5.49 Å². The third-order valence-electron chi connectivity index (χ3n) is 7.45. The Kier molecular flexibility index (Phi) is 6.70. The van der Waals surface area contributed by atoms with Crippen LogP contribution in [0.15, 0.2) is 97.3 Å². The van der Waals surface area contributed by atoms with Crippen LogP contribution in [-0.4, -0.2) is 27.3 Å². The maximum absolute atomic E-state index is 9.40. The maximum atomic E-state index is 9.40. The van der Waals surface area contributed by atoms with Crippen molar-refractivity contribution in [1.82, 2.24) is 14.1 Å². The molecule has 6 rings (SSSR count). The van der Waals surface area contributed by atoms with Gasteiger partial charge in [0.05, 0.1) is 17.4 Å². The van der Waals surface area contributed by atoms with Gasteiger partial charge in [-0.15, -0.1) is 0 Å². The molecule has 37 heavy (non-hydrogen) atoms. The second kappa shape index (κ2) is 10.6. The fourth-order valence-corrected chi connectivity index (χ4v) is 5.52. The molecular formula is C32H32N4O. The molecule has 0 atom stereocenters. The summed E-state index contributed by atoms with van der Waals surface area (Å²) in [7, 11) is 0. The molecule has 5 aromatic rings. The van der Waals surface area contributed by atoms with E-state index in [1.165, 1.54) is 5.56 Å². The molecule has 3 aromatic carbocycles. The molecule has 0 amide bonds. The second-order valence-corrected chi connectivity index (χ2v) is 9.84. The number of nitrogens with zero attached hydrogens (tertiary/aromatic N) is 3. The summed E-state index contributed by atoms with van der Waals surface area (Å²) in [6.45, 7) is 3.19. The lowest BCUT2D eigenvalue weighted by Crippen LogP contribution is -2.28. The van der Waals surface area contributed by atoms with Crippen LogP contribution in [0.2, 0.25) is 0 Å². The highest BCUT2D eigenvalue weighted by atomic mass is 16.5. The zero-order chi connectivity index (χ0) is 25.0. The van der Waals surface area contributed by atoms with E-state index < -0.39 is 0 Å². The first-order chi connectivity index (χ1) is 18.3. The van der Waals surface area contributed by atoms with Gasteiger partial charge in [-0.1, -0.05) is 91.0 Å². The van der Waals surface area contributed by atoms with Gasteiger partial charge in [0.15, 0.2) is 0 Å². The maximum Gasteiger partial charge on any atom is 0.146 e. The highest BCUT2D eigenvalue weighted by molar-refractivity contribution is 6.02. The predicted molar refractivity (Wildman–Crippen MR) is 148 cm³/mol. The van der Waals surface area contributed by atoms with Crippen molar-refractivity contribution in [2.24, 2.45) is 5.92 Å². The fourth-order valence-electron chi connectivity index (χ4n) is 5.52. The average Bonchev–Trinajstić information content (AvgIpc) is 3.30. The molecular weight excluding hydrogens is 456 g/mol. The van der Waals surface area contributed by atoms with Crippen LogP contribution in [0.4, 0.5) is 0 Å². The molecule has 0 spiro atoms. The normalized spacial score (nSPS) is 14.3. The minimum absolute atomic E-state index is 0.510. The minimum Gasteiger partial charge on any atom is -0.381 e. The lowest BCUT2D eigenvalue weighted by molar-refractivity contribution is 0.0608. The van der Waals surface area contributed by atoms with Crippen molar-refractivity contribution in [3.05, 3.63) is 108 Å². The summed E-state index contributed by atoms with van der Waals surface area (Å²) in [6, 6.07) is 31.7. The third-order valence-corrected chi connectivity index (χ3v) is 7.45. The van der Waals surface area contributed by atoms with Crippen LogP contribution in [0.5, 0.6) is 0 Å². The summed E-state index contributed by atoms with van der Waals surface area (Å²) in [6.07, 6.45) is 4.83. The number of rotatable bonds is 7. The number of aryl methyl sites for hydroxylation is 2. The van der Waals surface area contributed by atoms with E-state index in [0.29, 0.717) is 11.4 Å². The summed E-state index contributed by atoms with van der Waals surface area (Å²) in [4.78, 5) is 5.03. The highest BCUT2D eigenvalue weighted by Gasteiger charge is 2.24. The quantitative estimate of drug-likeness (QED) is 0.291. The van der Waals surface area contributed by atoms with Gasteiger partial charge in [-0.3, -0.25) is 5.41 Å². The molecule has 5 heteroatoms. The van der Waals surface area contributed by atoms with Gasteiger partial charge < -0.3 is 13.9 Å². The summed E-state index contributed by atoms with van der Waals surface area (Å²) >= 11 is 0. The van der Waals surface area contributed by atoms with Crippen LogP contribution in [0, 0.1) is 11.3 Å². The van der Waals surface area contributed by atoms with Crippen molar-refractivity contribution in [3.63, 3.8) is 0 Å². The Balaban J connectivity index is 1.57. The molecule has 1 N–H and O–H groups in total. The second-order valence-electron chi connectivity index (χ2n) is 9.84. The zero-order valence-corrected chi connectivity index (χ0v) is 21.0. The van der Waals surface area contributed by atoms with E-state index >= 15 is 0 Å². The molecule has 0 unspecified atom stereocenters. The Morgan fingerprint density at radius 2 is 1.43 bits per heavy atom. The Morgan fingerprint density at radius 3 is 2.11 bits per heavy atom. The van der Waals surface area contributed by atoms with E-state index in [9.17, 15) is 5.41 Å². The van der Waals surface area contributed by atoms with Gasteiger partial charge in [0.2, 0.25) is 0 Å². The Hall–Kier alpha value is -3.96. The van der Waals surface area contributed by atoms with Gasteiger partial charge in [-0.25, -0.2) is 4.98 Å². The van der Waals surface area contributed by atoms with Gasteiger partial charge in [0.25, 0.3) is 0 Å². The van der Waals surface area contributed by atoms with E-state index in [2.05, 4.69) is 89.5 Å². The highest BCUT2D eigenvalue weighted by Crippen LogP contribution is 2.39. The van der Waals surface area contributed by atoms with Crippen LogP contribution in [0.25, 0.3) is 33.4 Å². The van der Waals surface area contributed by atoms with Gasteiger partial charge in [-0.05, 0) is 41.9 Å². The first-order valence-electron chi connectivity index (χ1n) is 13.2. The Labute approximate surface area is 217 Å². The lowest BCUT2D eigenvalue weighted by Gasteiger charge is -2.23. The molecule has 1 fully saturated rings. The van der Waals surface area contributed by atoms with Crippen LogP contribution in [0.3, 0.4) is 0 Å². The number of ether oxygens (including phenoxy) is 1. The molecule has 3 heterocycles. The average molecular weight is 489 g/mol. The van der Waals surface area contributed by atoms with Crippen molar-refractivity contribution in [3.8, 4) is 22.4 Å². The lowest BCUT2D eigenvalue weighted by atomic mass is 9.98. The number of hydrogen-bond donors (Lipinski definition) is 1. The van der Waals surface area contributed by atoms with Crippen LogP contribution in [0.1, 0.15) is 18.4 Å². The Bertz CT molecular complexity index is 1530. The number of benzene rings is 3. The first kappa shape index (κ1) is 23.4. The van der Waals surface area contributed by atoms with Crippen molar-refractivity contribution in [2.45, 2.75) is 32.4 Å². The number of aromatic nitrogens is 3. The van der Waals surface area contributed by atoms with E-state index in [0.717, 1.165) is 79.0 Å². The molecule has 1 saturated heterocycles. The van der Waals surface area contributed by atoms with Gasteiger partial charge in [0, 0.05) is 31.9 Å². The smallest absolute Gasteiger partial charge is 0.146 e. The molecule has 1 aliphatic heterocycles. The van der Waals surface area contributed by atoms with Crippen LogP contribution >= 0.6 is 0 Å². The monoisotopic (exact) mass is 488 g/mol. The Morgan fingerprint density at radius 1 is 0.811 bits per heavy atom. The van der Waals surface area contributed by atoms with Crippen molar-refractivity contribution in [2.75, 3.05) is 13.2 Å². The van der Waals surface area contributed by atoms with Gasteiger partial charge >= 0.3 is 0 Å². The zero-order valence-electron chi connectivity index (χ0n) is 21.0. The van der Waals surface area contributed by atoms with E-state index in [4.69, 9.17) is 9.72 Å². The third kappa shape index (κ3) is 4.75. The topological polar surface area (TPSA) is 55.8 Å². The summed E-state index contributed by atoms with van der Waals surface area (Å²) in [5.74, 6) is 0.510. The standard InChI is InChI=1S/C32H32N4O/c33-31-29-28(26-12-6-2-7-13-26)30(27-14-8-3-9-15-27)36(19-16-24-10-4-1-5-11-24)32(29)34-23-35(31)22-25-17-20-37-21-18-25/h1-15,23,25,33H,16-22H2. The molecule has 0 radical (unpaired) electrons. The molecule has 1 aliphatic rings. The molecule has 0 aliphatic carbocycles. The summed E-state index contributed by atoms with van der Waals surface area (Å²) in [5.41, 5.74) is 7.18. The largest absolute Gasteiger partial charge is 0.381 e. The van der Waals surface area contributed by atoms with E-state index in [1.807, 2.05) is 17.0 Å². The first-order valence-corrected chi connectivity index (χ1v) is 13.2. The molecule has 0 bridgehead atoms. The van der Waals surface area contributed by atoms with Gasteiger partial charge in [0.1, 0.15) is 11.1 Å². The fraction of sp³-hybridized carbons (Fsp3) is 0.250. The molecule has 2 aromatic heterocycles. The molecule has 5 nitrogen and oxygen atoms in total.